The molecule has 0 bridgehead atoms. The molecule has 1 amide bonds. The van der Waals surface area contributed by atoms with E-state index in [1.54, 1.807) is 24.3 Å². The van der Waals surface area contributed by atoms with E-state index in [0.717, 1.165) is 4.57 Å². The smallest absolute Gasteiger partial charge is 0.328 e. The van der Waals surface area contributed by atoms with E-state index in [0.29, 0.717) is 18.0 Å². The van der Waals surface area contributed by atoms with Crippen molar-refractivity contribution in [2.45, 2.75) is 13.5 Å². The minimum atomic E-state index is -0.643. The standard InChI is InChI=1S/C14H14BrN3O4/c1-2-22-10-5-3-9(4-6-10)16-12(19)8-18-7-11(15)13(20)17-14(18)21/h3-7H,2,8H2,1H3,(H,16,19)(H,17,20,21). The van der Waals surface area contributed by atoms with E-state index in [1.807, 2.05) is 6.92 Å². The van der Waals surface area contributed by atoms with Crippen LogP contribution in [0.25, 0.3) is 0 Å². The summed E-state index contributed by atoms with van der Waals surface area (Å²) in [5.41, 5.74) is -0.590. The Hall–Kier alpha value is -2.35. The van der Waals surface area contributed by atoms with Crippen LogP contribution in [-0.2, 0) is 11.3 Å². The monoisotopic (exact) mass is 367 g/mol. The highest BCUT2D eigenvalue weighted by Crippen LogP contribution is 2.15. The first-order chi connectivity index (χ1) is 10.5. The van der Waals surface area contributed by atoms with Crippen molar-refractivity contribution in [3.63, 3.8) is 0 Å². The quantitative estimate of drug-likeness (QED) is 0.833. The van der Waals surface area contributed by atoms with Crippen molar-refractivity contribution >= 4 is 27.5 Å². The molecule has 0 aliphatic carbocycles. The van der Waals surface area contributed by atoms with Gasteiger partial charge in [-0.1, -0.05) is 0 Å². The molecule has 2 rings (SSSR count). The van der Waals surface area contributed by atoms with Crippen LogP contribution < -0.4 is 21.3 Å². The molecule has 22 heavy (non-hydrogen) atoms. The van der Waals surface area contributed by atoms with E-state index in [9.17, 15) is 14.4 Å². The van der Waals surface area contributed by atoms with E-state index >= 15 is 0 Å². The van der Waals surface area contributed by atoms with Gasteiger partial charge in [0.15, 0.2) is 0 Å². The van der Waals surface area contributed by atoms with Crippen LogP contribution >= 0.6 is 15.9 Å². The lowest BCUT2D eigenvalue weighted by molar-refractivity contribution is -0.116. The summed E-state index contributed by atoms with van der Waals surface area (Å²) in [5, 5.41) is 2.66. The summed E-state index contributed by atoms with van der Waals surface area (Å²) >= 11 is 3.01. The third kappa shape index (κ3) is 4.08. The second-order valence-electron chi connectivity index (χ2n) is 4.37. The molecule has 116 valence electrons. The van der Waals surface area contributed by atoms with E-state index in [2.05, 4.69) is 26.2 Å². The third-order valence-electron chi connectivity index (χ3n) is 2.73. The largest absolute Gasteiger partial charge is 0.494 e. The van der Waals surface area contributed by atoms with Crippen LogP contribution in [0, 0.1) is 0 Å². The fourth-order valence-electron chi connectivity index (χ4n) is 1.76. The minimum absolute atomic E-state index is 0.181. The SMILES string of the molecule is CCOc1ccc(NC(=O)Cn2cc(Br)c(=O)[nH]c2=O)cc1. The predicted octanol–water partition coefficient (Wildman–Crippen LogP) is 1.34. The van der Waals surface area contributed by atoms with Crippen molar-refractivity contribution < 1.29 is 9.53 Å². The number of benzene rings is 1. The molecule has 2 N–H and O–H groups in total. The molecule has 0 radical (unpaired) electrons. The lowest BCUT2D eigenvalue weighted by atomic mass is 10.3. The number of aromatic amines is 1. The maximum atomic E-state index is 11.9. The van der Waals surface area contributed by atoms with Crippen LogP contribution in [0.1, 0.15) is 6.92 Å². The average Bonchev–Trinajstić information content (AvgIpc) is 2.47. The number of amides is 1. The Bertz CT molecular complexity index is 780. The Labute approximate surface area is 134 Å². The number of carbonyl (C=O) groups is 1. The zero-order valence-corrected chi connectivity index (χ0v) is 13.3. The second-order valence-corrected chi connectivity index (χ2v) is 5.22. The molecule has 0 unspecified atom stereocenters. The molecule has 2 aromatic rings. The number of carbonyl (C=O) groups excluding carboxylic acids is 1. The van der Waals surface area contributed by atoms with Crippen molar-refractivity contribution in [2.75, 3.05) is 11.9 Å². The summed E-state index contributed by atoms with van der Waals surface area (Å²) in [5.74, 6) is 0.325. The zero-order valence-electron chi connectivity index (χ0n) is 11.8. The number of anilines is 1. The van der Waals surface area contributed by atoms with Crippen LogP contribution in [0.4, 0.5) is 5.69 Å². The van der Waals surface area contributed by atoms with Gasteiger partial charge in [-0.2, -0.15) is 0 Å². The molecule has 7 nitrogen and oxygen atoms in total. The van der Waals surface area contributed by atoms with Gasteiger partial charge in [0.1, 0.15) is 12.3 Å². The molecule has 1 aromatic heterocycles. The van der Waals surface area contributed by atoms with Crippen molar-refractivity contribution in [3.05, 3.63) is 55.8 Å². The highest BCUT2D eigenvalue weighted by molar-refractivity contribution is 9.10. The number of aromatic nitrogens is 2. The fourth-order valence-corrected chi connectivity index (χ4v) is 2.10. The minimum Gasteiger partial charge on any atom is -0.494 e. The summed E-state index contributed by atoms with van der Waals surface area (Å²) in [6, 6.07) is 6.88. The highest BCUT2D eigenvalue weighted by atomic mass is 79.9. The molecule has 0 fully saturated rings. The lowest BCUT2D eigenvalue weighted by Gasteiger charge is -2.08. The van der Waals surface area contributed by atoms with Gasteiger partial charge in [0.05, 0.1) is 11.1 Å². The van der Waals surface area contributed by atoms with Crippen LogP contribution in [0.5, 0.6) is 5.75 Å². The Morgan fingerprint density at radius 2 is 2.00 bits per heavy atom. The summed E-state index contributed by atoms with van der Waals surface area (Å²) in [7, 11) is 0. The van der Waals surface area contributed by atoms with Crippen LogP contribution in [0.15, 0.2) is 44.5 Å². The molecule has 0 saturated heterocycles. The van der Waals surface area contributed by atoms with Crippen molar-refractivity contribution in [2.24, 2.45) is 0 Å². The van der Waals surface area contributed by atoms with Gasteiger partial charge in [0, 0.05) is 11.9 Å². The summed E-state index contributed by atoms with van der Waals surface area (Å²) in [4.78, 5) is 36.9. The van der Waals surface area contributed by atoms with E-state index in [4.69, 9.17) is 4.74 Å². The Balaban J connectivity index is 2.05. The number of H-pyrrole nitrogens is 1. The molecule has 0 aliphatic heterocycles. The molecule has 8 heteroatoms. The first-order valence-electron chi connectivity index (χ1n) is 6.51. The van der Waals surface area contributed by atoms with Gasteiger partial charge in [-0.3, -0.25) is 19.1 Å². The van der Waals surface area contributed by atoms with Gasteiger partial charge in [-0.05, 0) is 47.1 Å². The Morgan fingerprint density at radius 1 is 1.32 bits per heavy atom. The predicted molar refractivity (Wildman–Crippen MR) is 85.3 cm³/mol. The van der Waals surface area contributed by atoms with Gasteiger partial charge < -0.3 is 10.1 Å². The van der Waals surface area contributed by atoms with Crippen molar-refractivity contribution in [3.8, 4) is 5.75 Å². The first kappa shape index (κ1) is 16.0. The maximum absolute atomic E-state index is 11.9. The normalized spacial score (nSPS) is 10.3. The maximum Gasteiger partial charge on any atom is 0.328 e. The van der Waals surface area contributed by atoms with Crippen molar-refractivity contribution in [1.82, 2.24) is 9.55 Å². The summed E-state index contributed by atoms with van der Waals surface area (Å²) < 4.78 is 6.59. The molecular weight excluding hydrogens is 354 g/mol. The Morgan fingerprint density at radius 3 is 2.64 bits per heavy atom. The zero-order chi connectivity index (χ0) is 16.1. The first-order valence-corrected chi connectivity index (χ1v) is 7.31. The Kier molecular flexibility index (Phi) is 5.16. The number of ether oxygens (including phenoxy) is 1. The number of hydrogen-bond donors (Lipinski definition) is 2. The van der Waals surface area contributed by atoms with Crippen LogP contribution in [-0.4, -0.2) is 22.1 Å². The van der Waals surface area contributed by atoms with Gasteiger partial charge in [0.2, 0.25) is 5.91 Å². The van der Waals surface area contributed by atoms with Gasteiger partial charge in [-0.25, -0.2) is 4.79 Å². The molecule has 0 atom stereocenters. The van der Waals surface area contributed by atoms with E-state index in [-0.39, 0.29) is 16.9 Å². The van der Waals surface area contributed by atoms with Gasteiger partial charge in [0.25, 0.3) is 5.56 Å². The fraction of sp³-hybridized carbons (Fsp3) is 0.214. The molecule has 0 spiro atoms. The molecule has 0 aliphatic rings. The van der Waals surface area contributed by atoms with E-state index in [1.165, 1.54) is 6.20 Å². The van der Waals surface area contributed by atoms with E-state index < -0.39 is 11.2 Å². The molecule has 1 aromatic carbocycles. The lowest BCUT2D eigenvalue weighted by Crippen LogP contribution is -2.33. The molecule has 0 saturated carbocycles. The van der Waals surface area contributed by atoms with Crippen LogP contribution in [0.3, 0.4) is 0 Å². The average molecular weight is 368 g/mol. The van der Waals surface area contributed by atoms with Crippen molar-refractivity contribution in [1.29, 1.82) is 0 Å². The van der Waals surface area contributed by atoms with Gasteiger partial charge >= 0.3 is 5.69 Å². The third-order valence-corrected chi connectivity index (χ3v) is 3.30. The molecular formula is C14H14BrN3O4. The number of hydrogen-bond acceptors (Lipinski definition) is 4. The summed E-state index contributed by atoms with van der Waals surface area (Å²) in [6.07, 6.45) is 1.28. The van der Waals surface area contributed by atoms with Gasteiger partial charge in [-0.15, -0.1) is 0 Å². The number of nitrogens with one attached hydrogen (secondary N) is 2. The topological polar surface area (TPSA) is 93.2 Å². The number of nitrogens with zero attached hydrogens (tertiary/aromatic N) is 1. The highest BCUT2D eigenvalue weighted by Gasteiger charge is 2.07. The number of rotatable bonds is 5. The number of halogens is 1. The summed E-state index contributed by atoms with van der Waals surface area (Å²) in [6.45, 7) is 2.24. The molecule has 1 heterocycles. The van der Waals surface area contributed by atoms with Crippen LogP contribution in [0.2, 0.25) is 0 Å². The second kappa shape index (κ2) is 7.08.